The van der Waals surface area contributed by atoms with E-state index in [-0.39, 0.29) is 12.7 Å². The Morgan fingerprint density at radius 3 is 2.93 bits per heavy atom. The molecule has 1 aromatic rings. The number of ether oxygens (including phenoxy) is 1. The summed E-state index contributed by atoms with van der Waals surface area (Å²) in [5.41, 5.74) is 3.68. The maximum absolute atomic E-state index is 9.10. The van der Waals surface area contributed by atoms with Crippen molar-refractivity contribution in [3.8, 4) is 5.75 Å². The topological polar surface area (TPSA) is 29.5 Å². The Kier molecular flexibility index (Phi) is 3.03. The summed E-state index contributed by atoms with van der Waals surface area (Å²) in [4.78, 5) is 0. The molecule has 0 saturated heterocycles. The molecule has 0 fully saturated rings. The van der Waals surface area contributed by atoms with E-state index in [0.717, 1.165) is 28.6 Å². The van der Waals surface area contributed by atoms with Crippen molar-refractivity contribution in [3.63, 3.8) is 0 Å². The predicted octanol–water partition coefficient (Wildman–Crippen LogP) is 2.75. The summed E-state index contributed by atoms with van der Waals surface area (Å²) in [7, 11) is 0. The molecule has 0 bridgehead atoms. The maximum Gasteiger partial charge on any atom is 0.126 e. The minimum Gasteiger partial charge on any atom is -0.487 e. The first-order valence-corrected chi connectivity index (χ1v) is 5.99. The predicted molar refractivity (Wildman–Crippen MR) is 63.4 cm³/mol. The van der Waals surface area contributed by atoms with Crippen LogP contribution in [0.3, 0.4) is 0 Å². The Balaban J connectivity index is 2.47. The van der Waals surface area contributed by atoms with Gasteiger partial charge >= 0.3 is 0 Å². The van der Waals surface area contributed by atoms with E-state index in [0.29, 0.717) is 0 Å². The van der Waals surface area contributed by atoms with Gasteiger partial charge in [0.15, 0.2) is 0 Å². The normalized spacial score (nSPS) is 19.6. The zero-order valence-corrected chi connectivity index (χ0v) is 10.6. The Morgan fingerprint density at radius 2 is 2.27 bits per heavy atom. The van der Waals surface area contributed by atoms with E-state index in [1.165, 1.54) is 11.1 Å². The third kappa shape index (κ3) is 1.91. The second-order valence-electron chi connectivity index (χ2n) is 4.07. The third-order valence-electron chi connectivity index (χ3n) is 2.99. The van der Waals surface area contributed by atoms with Gasteiger partial charge in [0.25, 0.3) is 0 Å². The van der Waals surface area contributed by atoms with E-state index in [1.54, 1.807) is 0 Å². The molecule has 0 spiro atoms. The number of benzene rings is 1. The SMILES string of the molecule is Cc1cc(Br)c(C)c2c1OC(CO)CC2. The molecule has 1 aliphatic rings. The van der Waals surface area contributed by atoms with Crippen molar-refractivity contribution in [2.75, 3.05) is 6.61 Å². The molecule has 2 rings (SSSR count). The van der Waals surface area contributed by atoms with Crippen LogP contribution in [0.15, 0.2) is 10.5 Å². The van der Waals surface area contributed by atoms with Gasteiger partial charge in [0, 0.05) is 4.47 Å². The molecule has 1 aliphatic heterocycles. The number of aliphatic hydroxyl groups is 1. The number of aryl methyl sites for hydroxylation is 1. The van der Waals surface area contributed by atoms with Crippen LogP contribution >= 0.6 is 15.9 Å². The highest BCUT2D eigenvalue weighted by molar-refractivity contribution is 9.10. The van der Waals surface area contributed by atoms with Gasteiger partial charge in [0.2, 0.25) is 0 Å². The van der Waals surface area contributed by atoms with Crippen LogP contribution < -0.4 is 4.74 Å². The van der Waals surface area contributed by atoms with E-state index >= 15 is 0 Å². The van der Waals surface area contributed by atoms with Gasteiger partial charge in [-0.3, -0.25) is 0 Å². The van der Waals surface area contributed by atoms with E-state index in [1.807, 2.05) is 6.92 Å². The lowest BCUT2D eigenvalue weighted by Gasteiger charge is -2.27. The third-order valence-corrected chi connectivity index (χ3v) is 3.81. The van der Waals surface area contributed by atoms with Crippen molar-refractivity contribution < 1.29 is 9.84 Å². The zero-order chi connectivity index (χ0) is 11.0. The fraction of sp³-hybridized carbons (Fsp3) is 0.500. The highest BCUT2D eigenvalue weighted by Crippen LogP contribution is 2.36. The summed E-state index contributed by atoms with van der Waals surface area (Å²) >= 11 is 3.55. The molecule has 0 aliphatic carbocycles. The zero-order valence-electron chi connectivity index (χ0n) is 9.01. The average Bonchev–Trinajstić information content (AvgIpc) is 2.25. The fourth-order valence-electron chi connectivity index (χ4n) is 2.04. The number of hydrogen-bond acceptors (Lipinski definition) is 2. The van der Waals surface area contributed by atoms with E-state index in [9.17, 15) is 0 Å². The Hall–Kier alpha value is -0.540. The fourth-order valence-corrected chi connectivity index (χ4v) is 2.62. The summed E-state index contributed by atoms with van der Waals surface area (Å²) in [6, 6.07) is 2.08. The van der Waals surface area contributed by atoms with Gasteiger partial charge in [-0.2, -0.15) is 0 Å². The average molecular weight is 271 g/mol. The molecule has 1 N–H and O–H groups in total. The molecule has 0 saturated carbocycles. The van der Waals surface area contributed by atoms with Crippen molar-refractivity contribution in [3.05, 3.63) is 27.2 Å². The van der Waals surface area contributed by atoms with Gasteiger partial charge in [-0.1, -0.05) is 15.9 Å². The molecule has 0 amide bonds. The molecule has 0 aromatic heterocycles. The first-order chi connectivity index (χ1) is 7.13. The molecule has 1 aromatic carbocycles. The molecule has 1 unspecified atom stereocenters. The molecular weight excluding hydrogens is 256 g/mol. The van der Waals surface area contributed by atoms with E-state index in [4.69, 9.17) is 9.84 Å². The number of hydrogen-bond donors (Lipinski definition) is 1. The van der Waals surface area contributed by atoms with Gasteiger partial charge in [-0.05, 0) is 49.4 Å². The van der Waals surface area contributed by atoms with Gasteiger partial charge in [0.1, 0.15) is 11.9 Å². The quantitative estimate of drug-likeness (QED) is 0.851. The van der Waals surface area contributed by atoms with Crippen LogP contribution in [-0.2, 0) is 6.42 Å². The molecule has 3 heteroatoms. The monoisotopic (exact) mass is 270 g/mol. The Bertz CT molecular complexity index is 388. The Morgan fingerprint density at radius 1 is 1.53 bits per heavy atom. The van der Waals surface area contributed by atoms with Crippen LogP contribution in [0.25, 0.3) is 0 Å². The lowest BCUT2D eigenvalue weighted by Crippen LogP contribution is -2.27. The summed E-state index contributed by atoms with van der Waals surface area (Å²) < 4.78 is 6.92. The molecule has 1 atom stereocenters. The van der Waals surface area contributed by atoms with E-state index in [2.05, 4.69) is 28.9 Å². The number of rotatable bonds is 1. The van der Waals surface area contributed by atoms with Crippen molar-refractivity contribution in [1.29, 1.82) is 0 Å². The van der Waals surface area contributed by atoms with Gasteiger partial charge in [-0.25, -0.2) is 0 Å². The van der Waals surface area contributed by atoms with Crippen molar-refractivity contribution in [2.45, 2.75) is 32.8 Å². The summed E-state index contributed by atoms with van der Waals surface area (Å²) in [5, 5.41) is 9.10. The van der Waals surface area contributed by atoms with Crippen LogP contribution in [0.5, 0.6) is 5.75 Å². The molecule has 0 radical (unpaired) electrons. The lowest BCUT2D eigenvalue weighted by atomic mass is 9.95. The van der Waals surface area contributed by atoms with Crippen LogP contribution in [0, 0.1) is 13.8 Å². The lowest BCUT2D eigenvalue weighted by molar-refractivity contribution is 0.0968. The number of fused-ring (bicyclic) bond motifs is 1. The molecule has 82 valence electrons. The van der Waals surface area contributed by atoms with Crippen LogP contribution in [0.1, 0.15) is 23.1 Å². The van der Waals surface area contributed by atoms with Gasteiger partial charge < -0.3 is 9.84 Å². The van der Waals surface area contributed by atoms with Crippen LogP contribution in [0.4, 0.5) is 0 Å². The molecule has 1 heterocycles. The summed E-state index contributed by atoms with van der Waals surface area (Å²) in [5.74, 6) is 0.973. The van der Waals surface area contributed by atoms with Crippen molar-refractivity contribution in [2.24, 2.45) is 0 Å². The highest BCUT2D eigenvalue weighted by atomic mass is 79.9. The molecular formula is C12H15BrO2. The smallest absolute Gasteiger partial charge is 0.126 e. The largest absolute Gasteiger partial charge is 0.487 e. The molecule has 15 heavy (non-hydrogen) atoms. The number of halogens is 1. The summed E-state index contributed by atoms with van der Waals surface area (Å²) in [6.45, 7) is 4.25. The van der Waals surface area contributed by atoms with Crippen LogP contribution in [-0.4, -0.2) is 17.8 Å². The first-order valence-electron chi connectivity index (χ1n) is 5.19. The first kappa shape index (κ1) is 11.0. The summed E-state index contributed by atoms with van der Waals surface area (Å²) in [6.07, 6.45) is 1.86. The maximum atomic E-state index is 9.10. The highest BCUT2D eigenvalue weighted by Gasteiger charge is 2.23. The van der Waals surface area contributed by atoms with Gasteiger partial charge in [0.05, 0.1) is 6.61 Å². The van der Waals surface area contributed by atoms with Crippen molar-refractivity contribution >= 4 is 15.9 Å². The van der Waals surface area contributed by atoms with Crippen molar-refractivity contribution in [1.82, 2.24) is 0 Å². The second kappa shape index (κ2) is 4.14. The van der Waals surface area contributed by atoms with E-state index < -0.39 is 0 Å². The standard InChI is InChI=1S/C12H15BrO2/c1-7-5-11(13)8(2)10-4-3-9(6-14)15-12(7)10/h5,9,14H,3-4,6H2,1-2H3. The van der Waals surface area contributed by atoms with Gasteiger partial charge in [-0.15, -0.1) is 0 Å². The molecule has 2 nitrogen and oxygen atoms in total. The number of aliphatic hydroxyl groups excluding tert-OH is 1. The van der Waals surface area contributed by atoms with Crippen LogP contribution in [0.2, 0.25) is 0 Å². The minimum atomic E-state index is -0.0308. The Labute approximate surface area is 98.4 Å². The minimum absolute atomic E-state index is 0.0308. The second-order valence-corrected chi connectivity index (χ2v) is 4.92.